The highest BCUT2D eigenvalue weighted by atomic mass is 16.1. The number of ketones is 1. The quantitative estimate of drug-likeness (QED) is 0.734. The van der Waals surface area contributed by atoms with Crippen LogP contribution in [0.1, 0.15) is 51.0 Å². The van der Waals surface area contributed by atoms with Crippen LogP contribution in [0.2, 0.25) is 0 Å². The van der Waals surface area contributed by atoms with Gasteiger partial charge in [0, 0.05) is 11.1 Å². The molecule has 2 aromatic rings. The van der Waals surface area contributed by atoms with E-state index in [9.17, 15) is 4.79 Å². The van der Waals surface area contributed by atoms with Gasteiger partial charge in [-0.3, -0.25) is 4.79 Å². The minimum absolute atomic E-state index is 0.152. The van der Waals surface area contributed by atoms with Gasteiger partial charge < -0.3 is 0 Å². The van der Waals surface area contributed by atoms with E-state index in [2.05, 4.69) is 25.1 Å². The molecule has 0 unspecified atom stereocenters. The lowest BCUT2D eigenvalue weighted by atomic mass is 9.88. The van der Waals surface area contributed by atoms with Crippen LogP contribution >= 0.6 is 0 Å². The van der Waals surface area contributed by atoms with Crippen molar-refractivity contribution in [1.29, 1.82) is 0 Å². The predicted octanol–water partition coefficient (Wildman–Crippen LogP) is 4.41. The average Bonchev–Trinajstić information content (AvgIpc) is 2.49. The van der Waals surface area contributed by atoms with Gasteiger partial charge in [-0.25, -0.2) is 0 Å². The van der Waals surface area contributed by atoms with Crippen molar-refractivity contribution in [3.63, 3.8) is 0 Å². The number of rotatable bonds is 2. The number of aryl methyl sites for hydroxylation is 3. The first-order valence-corrected chi connectivity index (χ1v) is 7.39. The smallest absolute Gasteiger partial charge is 0.193 e. The molecule has 0 atom stereocenters. The molecule has 0 aliphatic heterocycles. The van der Waals surface area contributed by atoms with Crippen molar-refractivity contribution in [1.82, 2.24) is 0 Å². The number of hydrogen-bond donors (Lipinski definition) is 0. The summed E-state index contributed by atoms with van der Waals surface area (Å²) in [4.78, 5) is 12.7. The molecule has 1 aliphatic carbocycles. The van der Waals surface area contributed by atoms with E-state index in [1.165, 1.54) is 29.5 Å². The number of benzene rings is 2. The first kappa shape index (κ1) is 13.1. The maximum atomic E-state index is 12.7. The second-order valence-electron chi connectivity index (χ2n) is 5.77. The topological polar surface area (TPSA) is 17.1 Å². The van der Waals surface area contributed by atoms with Gasteiger partial charge >= 0.3 is 0 Å². The zero-order valence-electron chi connectivity index (χ0n) is 12.2. The molecule has 0 saturated heterocycles. The molecule has 3 rings (SSSR count). The van der Waals surface area contributed by atoms with Gasteiger partial charge in [-0.15, -0.1) is 0 Å². The normalized spacial score (nSPS) is 13.9. The summed E-state index contributed by atoms with van der Waals surface area (Å²) in [5.41, 5.74) is 6.73. The molecule has 0 saturated carbocycles. The Labute approximate surface area is 120 Å². The molecule has 0 N–H and O–H groups in total. The largest absolute Gasteiger partial charge is 0.289 e. The first-order valence-electron chi connectivity index (χ1n) is 7.39. The molecule has 0 bridgehead atoms. The minimum atomic E-state index is 0.152. The molecule has 0 spiro atoms. The second kappa shape index (κ2) is 5.24. The van der Waals surface area contributed by atoms with Gasteiger partial charge in [-0.05, 0) is 67.9 Å². The van der Waals surface area contributed by atoms with Gasteiger partial charge in [0.2, 0.25) is 0 Å². The van der Waals surface area contributed by atoms with Crippen molar-refractivity contribution in [3.05, 3.63) is 69.8 Å². The maximum absolute atomic E-state index is 12.7. The lowest BCUT2D eigenvalue weighted by Gasteiger charge is -2.16. The molecule has 0 fully saturated rings. The molecule has 0 heterocycles. The van der Waals surface area contributed by atoms with Crippen molar-refractivity contribution in [2.75, 3.05) is 0 Å². The van der Waals surface area contributed by atoms with E-state index in [4.69, 9.17) is 0 Å². The van der Waals surface area contributed by atoms with Crippen molar-refractivity contribution in [2.24, 2.45) is 0 Å². The van der Waals surface area contributed by atoms with E-state index in [-0.39, 0.29) is 5.78 Å². The van der Waals surface area contributed by atoms with Gasteiger partial charge in [0.15, 0.2) is 5.78 Å². The molecule has 0 aromatic heterocycles. The van der Waals surface area contributed by atoms with Crippen LogP contribution in [0.15, 0.2) is 36.4 Å². The second-order valence-corrected chi connectivity index (χ2v) is 5.77. The van der Waals surface area contributed by atoms with E-state index in [0.29, 0.717) is 0 Å². The lowest BCUT2D eigenvalue weighted by molar-refractivity contribution is 0.103. The Hall–Kier alpha value is -1.89. The lowest BCUT2D eigenvalue weighted by Crippen LogP contribution is -2.08. The number of carbonyl (C=O) groups excluding carboxylic acids is 1. The summed E-state index contributed by atoms with van der Waals surface area (Å²) in [7, 11) is 0. The third-order valence-electron chi connectivity index (χ3n) is 4.46. The van der Waals surface area contributed by atoms with Crippen LogP contribution in [-0.2, 0) is 12.8 Å². The zero-order chi connectivity index (χ0) is 14.1. The molecule has 20 heavy (non-hydrogen) atoms. The fourth-order valence-electron chi connectivity index (χ4n) is 3.03. The van der Waals surface area contributed by atoms with Gasteiger partial charge in [0.05, 0.1) is 0 Å². The summed E-state index contributed by atoms with van der Waals surface area (Å²) < 4.78 is 0. The van der Waals surface area contributed by atoms with Gasteiger partial charge in [-0.1, -0.05) is 30.3 Å². The third kappa shape index (κ3) is 2.29. The number of carbonyl (C=O) groups is 1. The fourth-order valence-corrected chi connectivity index (χ4v) is 3.03. The van der Waals surface area contributed by atoms with Crippen LogP contribution in [0, 0.1) is 13.8 Å². The van der Waals surface area contributed by atoms with Crippen molar-refractivity contribution >= 4 is 5.78 Å². The Morgan fingerprint density at radius 3 is 2.50 bits per heavy atom. The third-order valence-corrected chi connectivity index (χ3v) is 4.46. The fraction of sp³-hybridized carbons (Fsp3) is 0.316. The molecule has 1 nitrogen and oxygen atoms in total. The van der Waals surface area contributed by atoms with Crippen LogP contribution in [0.4, 0.5) is 0 Å². The average molecular weight is 264 g/mol. The van der Waals surface area contributed by atoms with E-state index >= 15 is 0 Å². The highest BCUT2D eigenvalue weighted by Crippen LogP contribution is 2.24. The van der Waals surface area contributed by atoms with Crippen molar-refractivity contribution in [2.45, 2.75) is 39.5 Å². The molecule has 0 radical (unpaired) electrons. The van der Waals surface area contributed by atoms with Gasteiger partial charge in [0.1, 0.15) is 0 Å². The monoisotopic (exact) mass is 264 g/mol. The maximum Gasteiger partial charge on any atom is 0.193 e. The van der Waals surface area contributed by atoms with Gasteiger partial charge in [-0.2, -0.15) is 0 Å². The van der Waals surface area contributed by atoms with Crippen LogP contribution in [0.25, 0.3) is 0 Å². The summed E-state index contributed by atoms with van der Waals surface area (Å²) in [6.07, 6.45) is 4.79. The van der Waals surface area contributed by atoms with E-state index in [0.717, 1.165) is 29.5 Å². The number of fused-ring (bicyclic) bond motifs is 1. The van der Waals surface area contributed by atoms with Crippen LogP contribution in [-0.4, -0.2) is 5.78 Å². The van der Waals surface area contributed by atoms with Gasteiger partial charge in [0.25, 0.3) is 0 Å². The number of hydrogen-bond acceptors (Lipinski definition) is 1. The molecule has 1 aliphatic rings. The Bertz CT molecular complexity index is 667. The molecule has 0 amide bonds. The Balaban J connectivity index is 2.00. The summed E-state index contributed by atoms with van der Waals surface area (Å²) in [5, 5.41) is 0. The van der Waals surface area contributed by atoms with E-state index < -0.39 is 0 Å². The SMILES string of the molecule is Cc1cccc(C(=O)c2ccc3c(c2)CCCC3)c1C. The van der Waals surface area contributed by atoms with E-state index in [1.807, 2.05) is 25.1 Å². The molecule has 102 valence electrons. The molecule has 1 heteroatoms. The summed E-state index contributed by atoms with van der Waals surface area (Å²) >= 11 is 0. The van der Waals surface area contributed by atoms with Crippen LogP contribution in [0.3, 0.4) is 0 Å². The highest BCUT2D eigenvalue weighted by molar-refractivity contribution is 6.10. The van der Waals surface area contributed by atoms with E-state index in [1.54, 1.807) is 0 Å². The summed E-state index contributed by atoms with van der Waals surface area (Å²) in [6.45, 7) is 4.08. The van der Waals surface area contributed by atoms with Crippen molar-refractivity contribution in [3.8, 4) is 0 Å². The minimum Gasteiger partial charge on any atom is -0.289 e. The Morgan fingerprint density at radius 1 is 0.950 bits per heavy atom. The van der Waals surface area contributed by atoms with Crippen LogP contribution < -0.4 is 0 Å². The Morgan fingerprint density at radius 2 is 1.70 bits per heavy atom. The molecular weight excluding hydrogens is 244 g/mol. The predicted molar refractivity (Wildman–Crippen MR) is 82.4 cm³/mol. The van der Waals surface area contributed by atoms with Crippen LogP contribution in [0.5, 0.6) is 0 Å². The zero-order valence-corrected chi connectivity index (χ0v) is 12.2. The summed E-state index contributed by atoms with van der Waals surface area (Å²) in [6, 6.07) is 12.2. The highest BCUT2D eigenvalue weighted by Gasteiger charge is 2.16. The summed E-state index contributed by atoms with van der Waals surface area (Å²) in [5.74, 6) is 0.152. The first-order chi connectivity index (χ1) is 9.66. The Kier molecular flexibility index (Phi) is 3.43. The molecular formula is C19H20O. The standard InChI is InChI=1S/C19H20O/c1-13-6-5-9-18(14(13)2)19(20)17-11-10-15-7-3-4-8-16(15)12-17/h5-6,9-12H,3-4,7-8H2,1-2H3. The van der Waals surface area contributed by atoms with Crippen molar-refractivity contribution < 1.29 is 4.79 Å². The molecule has 2 aromatic carbocycles.